The summed E-state index contributed by atoms with van der Waals surface area (Å²) in [5.41, 5.74) is 2.12. The van der Waals surface area contributed by atoms with Gasteiger partial charge in [0, 0.05) is 21.4 Å². The van der Waals surface area contributed by atoms with E-state index in [1.54, 1.807) is 12.1 Å². The molecule has 0 bridgehead atoms. The number of fused-ring (bicyclic) bond motifs is 1. The average Bonchev–Trinajstić information content (AvgIpc) is 3.45. The van der Waals surface area contributed by atoms with E-state index in [0.717, 1.165) is 22.4 Å². The molecule has 0 aliphatic rings. The molecule has 1 unspecified atom stereocenters. The van der Waals surface area contributed by atoms with E-state index in [4.69, 9.17) is 4.74 Å². The summed E-state index contributed by atoms with van der Waals surface area (Å²) in [5.74, 6) is -0.947. The van der Waals surface area contributed by atoms with Gasteiger partial charge in [-0.25, -0.2) is 4.98 Å². The lowest BCUT2D eigenvalue weighted by Gasteiger charge is -2.13. The SMILES string of the molecule is CCc1ccc(C(=O)C(C)OC(=O)Cn2cnc3scc(-c4cccs4)c3c2=O)cc1. The zero-order valence-corrected chi connectivity index (χ0v) is 18.7. The van der Waals surface area contributed by atoms with Crippen LogP contribution in [0.2, 0.25) is 0 Å². The van der Waals surface area contributed by atoms with Crippen molar-refractivity contribution in [1.82, 2.24) is 9.55 Å². The van der Waals surface area contributed by atoms with Gasteiger partial charge in [0.15, 0.2) is 6.10 Å². The van der Waals surface area contributed by atoms with Crippen LogP contribution in [0.25, 0.3) is 20.7 Å². The molecule has 0 saturated carbocycles. The van der Waals surface area contributed by atoms with Gasteiger partial charge < -0.3 is 4.74 Å². The van der Waals surface area contributed by atoms with E-state index in [0.29, 0.717) is 15.8 Å². The van der Waals surface area contributed by atoms with Crippen molar-refractivity contribution in [3.05, 3.63) is 75.0 Å². The van der Waals surface area contributed by atoms with Crippen molar-refractivity contribution in [3.8, 4) is 10.4 Å². The summed E-state index contributed by atoms with van der Waals surface area (Å²) in [5, 5.41) is 4.33. The fraction of sp³-hybridized carbons (Fsp3) is 0.217. The number of aryl methyl sites for hydroxylation is 1. The zero-order chi connectivity index (χ0) is 22.0. The molecule has 8 heteroatoms. The molecule has 3 heterocycles. The van der Waals surface area contributed by atoms with Crippen LogP contribution in [-0.2, 0) is 22.5 Å². The van der Waals surface area contributed by atoms with Crippen LogP contribution in [0.4, 0.5) is 0 Å². The molecule has 0 saturated heterocycles. The van der Waals surface area contributed by atoms with Crippen LogP contribution in [0.1, 0.15) is 29.8 Å². The number of ketones is 1. The fourth-order valence-corrected chi connectivity index (χ4v) is 4.98. The fourth-order valence-electron chi connectivity index (χ4n) is 3.26. The maximum Gasteiger partial charge on any atom is 0.326 e. The number of carbonyl (C=O) groups is 2. The molecule has 0 N–H and O–H groups in total. The zero-order valence-electron chi connectivity index (χ0n) is 17.0. The van der Waals surface area contributed by atoms with E-state index in [9.17, 15) is 14.4 Å². The van der Waals surface area contributed by atoms with Crippen LogP contribution in [0, 0.1) is 0 Å². The maximum atomic E-state index is 13.0. The molecule has 0 spiro atoms. The monoisotopic (exact) mass is 452 g/mol. The van der Waals surface area contributed by atoms with E-state index < -0.39 is 12.1 Å². The largest absolute Gasteiger partial charge is 0.453 e. The number of carbonyl (C=O) groups excluding carboxylic acids is 2. The van der Waals surface area contributed by atoms with Crippen LogP contribution in [0.5, 0.6) is 0 Å². The number of hydrogen-bond donors (Lipinski definition) is 0. The van der Waals surface area contributed by atoms with E-state index in [2.05, 4.69) is 4.98 Å². The van der Waals surface area contributed by atoms with Gasteiger partial charge in [0.2, 0.25) is 5.78 Å². The molecule has 31 heavy (non-hydrogen) atoms. The Morgan fingerprint density at radius 3 is 2.61 bits per heavy atom. The summed E-state index contributed by atoms with van der Waals surface area (Å²) in [4.78, 5) is 43.9. The highest BCUT2D eigenvalue weighted by Crippen LogP contribution is 2.33. The molecule has 0 amide bonds. The lowest BCUT2D eigenvalue weighted by Crippen LogP contribution is -2.30. The van der Waals surface area contributed by atoms with Crippen LogP contribution >= 0.6 is 22.7 Å². The summed E-state index contributed by atoms with van der Waals surface area (Å²) in [6.07, 6.45) is 1.27. The van der Waals surface area contributed by atoms with Gasteiger partial charge in [-0.05, 0) is 30.4 Å². The highest BCUT2D eigenvalue weighted by atomic mass is 32.1. The first-order valence-corrected chi connectivity index (χ1v) is 11.6. The van der Waals surface area contributed by atoms with Gasteiger partial charge in [-0.1, -0.05) is 37.3 Å². The quantitative estimate of drug-likeness (QED) is 0.303. The van der Waals surface area contributed by atoms with Crippen LogP contribution in [-0.4, -0.2) is 27.4 Å². The molecule has 158 valence electrons. The minimum atomic E-state index is -0.949. The Labute approximate surface area is 186 Å². The van der Waals surface area contributed by atoms with Crippen molar-refractivity contribution >= 4 is 44.6 Å². The summed E-state index contributed by atoms with van der Waals surface area (Å²) < 4.78 is 6.53. The first-order valence-electron chi connectivity index (χ1n) is 9.81. The second-order valence-corrected chi connectivity index (χ2v) is 8.84. The summed E-state index contributed by atoms with van der Waals surface area (Å²) in [6.45, 7) is 3.26. The molecule has 4 rings (SSSR count). The number of rotatable bonds is 7. The number of ether oxygens (including phenoxy) is 1. The Morgan fingerprint density at radius 2 is 1.94 bits per heavy atom. The van der Waals surface area contributed by atoms with Gasteiger partial charge in [0.25, 0.3) is 5.56 Å². The lowest BCUT2D eigenvalue weighted by molar-refractivity contribution is -0.147. The number of Topliss-reactive ketones (excluding diaryl/α,β-unsaturated/α-hetero) is 1. The highest BCUT2D eigenvalue weighted by molar-refractivity contribution is 7.18. The lowest BCUT2D eigenvalue weighted by atomic mass is 10.0. The topological polar surface area (TPSA) is 78.3 Å². The average molecular weight is 453 g/mol. The van der Waals surface area contributed by atoms with Crippen molar-refractivity contribution < 1.29 is 14.3 Å². The minimum absolute atomic E-state index is 0.283. The third kappa shape index (κ3) is 4.35. The molecule has 0 radical (unpaired) electrons. The number of thiophene rings is 2. The molecule has 3 aromatic heterocycles. The van der Waals surface area contributed by atoms with Crippen molar-refractivity contribution in [2.75, 3.05) is 0 Å². The number of hydrogen-bond acceptors (Lipinski definition) is 7. The molecule has 1 atom stereocenters. The van der Waals surface area contributed by atoms with Crippen molar-refractivity contribution in [2.24, 2.45) is 0 Å². The van der Waals surface area contributed by atoms with Crippen molar-refractivity contribution in [3.63, 3.8) is 0 Å². The summed E-state index contributed by atoms with van der Waals surface area (Å²) in [7, 11) is 0. The van der Waals surface area contributed by atoms with Gasteiger partial charge in [-0.2, -0.15) is 0 Å². The van der Waals surface area contributed by atoms with Gasteiger partial charge >= 0.3 is 5.97 Å². The molecule has 0 aliphatic carbocycles. The number of nitrogens with zero attached hydrogens (tertiary/aromatic N) is 2. The van der Waals surface area contributed by atoms with Gasteiger partial charge in [-0.15, -0.1) is 22.7 Å². The van der Waals surface area contributed by atoms with Gasteiger partial charge in [0.1, 0.15) is 11.4 Å². The van der Waals surface area contributed by atoms with E-state index in [1.165, 1.54) is 40.5 Å². The first kappa shape index (κ1) is 21.1. The Bertz CT molecular complexity index is 1290. The first-order chi connectivity index (χ1) is 15.0. The molecular formula is C23H20N2O4S2. The molecule has 1 aromatic carbocycles. The number of benzene rings is 1. The van der Waals surface area contributed by atoms with Crippen LogP contribution in [0.15, 0.2) is 58.3 Å². The van der Waals surface area contributed by atoms with Crippen LogP contribution in [0.3, 0.4) is 0 Å². The van der Waals surface area contributed by atoms with Crippen LogP contribution < -0.4 is 5.56 Å². The van der Waals surface area contributed by atoms with Gasteiger partial charge in [0.05, 0.1) is 11.7 Å². The third-order valence-electron chi connectivity index (χ3n) is 4.97. The third-order valence-corrected chi connectivity index (χ3v) is 6.76. The molecule has 0 aliphatic heterocycles. The normalized spacial score (nSPS) is 12.1. The molecular weight excluding hydrogens is 432 g/mol. The molecule has 4 aromatic rings. The Hall–Kier alpha value is -3.10. The molecule has 6 nitrogen and oxygen atoms in total. The highest BCUT2D eigenvalue weighted by Gasteiger charge is 2.21. The van der Waals surface area contributed by atoms with Crippen molar-refractivity contribution in [2.45, 2.75) is 32.9 Å². The van der Waals surface area contributed by atoms with E-state index in [1.807, 2.05) is 41.9 Å². The Morgan fingerprint density at radius 1 is 1.16 bits per heavy atom. The van der Waals surface area contributed by atoms with E-state index >= 15 is 0 Å². The maximum absolute atomic E-state index is 13.0. The minimum Gasteiger partial charge on any atom is -0.453 e. The second kappa shape index (κ2) is 8.95. The smallest absolute Gasteiger partial charge is 0.326 e. The summed E-state index contributed by atoms with van der Waals surface area (Å²) in [6, 6.07) is 11.1. The number of aromatic nitrogens is 2. The van der Waals surface area contributed by atoms with Gasteiger partial charge in [-0.3, -0.25) is 19.0 Å². The predicted octanol–water partition coefficient (Wildman–Crippen LogP) is 4.56. The standard InChI is InChI=1S/C23H20N2O4S2/c1-3-15-6-8-16(9-7-15)21(27)14(2)29-19(26)11-25-13-24-22-20(23(25)28)17(12-31-22)18-5-4-10-30-18/h4-10,12-14H,3,11H2,1-2H3. The predicted molar refractivity (Wildman–Crippen MR) is 123 cm³/mol. The Balaban J connectivity index is 1.50. The summed E-state index contributed by atoms with van der Waals surface area (Å²) >= 11 is 2.93. The second-order valence-electron chi connectivity index (χ2n) is 7.03. The molecule has 0 fully saturated rings. The number of esters is 1. The Kier molecular flexibility index (Phi) is 6.11. The van der Waals surface area contributed by atoms with E-state index in [-0.39, 0.29) is 17.9 Å². The van der Waals surface area contributed by atoms with Crippen molar-refractivity contribution in [1.29, 1.82) is 0 Å².